The molecule has 0 fully saturated rings. The van der Waals surface area contributed by atoms with Crippen molar-refractivity contribution in [3.05, 3.63) is 162 Å². The van der Waals surface area contributed by atoms with Gasteiger partial charge < -0.3 is 76.1 Å². The molecule has 0 aliphatic carbocycles. The second-order valence-electron chi connectivity index (χ2n) is 16.1. The molecule has 2 aliphatic heterocycles. The lowest BCUT2D eigenvalue weighted by Gasteiger charge is -2.31. The van der Waals surface area contributed by atoms with Crippen molar-refractivity contribution in [3.8, 4) is 23.0 Å². The van der Waals surface area contributed by atoms with E-state index in [0.717, 1.165) is 12.1 Å². The molecule has 2 atom stereocenters. The molecule has 0 saturated heterocycles. The van der Waals surface area contributed by atoms with E-state index in [9.17, 15) is 24.0 Å². The van der Waals surface area contributed by atoms with E-state index in [1.165, 1.54) is 38.5 Å². The standard InChI is InChI=1S/2C20H25ClN2O5.C7H6O4.C7H8O2/c2*1-4-28-20(25)18-15(11-27-10-9-22)23-12(2)16(19(24)26-3)17(18)13-7-5-6-8-14(13)21;8-4-1-2-6(9)5(3-4)7(10)11;1-5-4-6(8)2-3-7(5)9/h2*5-8,17,23H,4,9-11,22H2,1-3H3;1-3,8-9H,(H,10,11);2-4,8-9H,1H3. The van der Waals surface area contributed by atoms with Crippen LogP contribution in [0.1, 0.15) is 66.6 Å². The maximum Gasteiger partial charge on any atom is 0.339 e. The predicted octanol–water partition coefficient (Wildman–Crippen LogP) is 6.73. The van der Waals surface area contributed by atoms with Gasteiger partial charge in [0, 0.05) is 34.5 Å². The lowest BCUT2D eigenvalue weighted by atomic mass is 9.80. The van der Waals surface area contributed by atoms with E-state index in [1.54, 1.807) is 83.1 Å². The molecule has 0 bridgehead atoms. The van der Waals surface area contributed by atoms with E-state index < -0.39 is 41.7 Å². The Hall–Kier alpha value is -7.59. The van der Waals surface area contributed by atoms with Gasteiger partial charge in [-0.15, -0.1) is 0 Å². The van der Waals surface area contributed by atoms with Gasteiger partial charge in [0.2, 0.25) is 0 Å². The van der Waals surface area contributed by atoms with Crippen LogP contribution in [0.5, 0.6) is 23.0 Å². The minimum absolute atomic E-state index is 0.109. The molecule has 0 saturated carbocycles. The summed E-state index contributed by atoms with van der Waals surface area (Å²) in [6.45, 7) is 10.6. The molecule has 2 unspecified atom stereocenters. The monoisotopic (exact) mass is 1090 g/mol. The first kappa shape index (κ1) is 62.7. The summed E-state index contributed by atoms with van der Waals surface area (Å²) in [6.07, 6.45) is 0. The topological polar surface area (TPSA) is 318 Å². The van der Waals surface area contributed by atoms with Crippen molar-refractivity contribution in [2.45, 2.75) is 46.5 Å². The maximum atomic E-state index is 12.9. The highest BCUT2D eigenvalue weighted by atomic mass is 35.5. The lowest BCUT2D eigenvalue weighted by molar-refractivity contribution is -0.140. The Morgan fingerprint density at radius 3 is 1.29 bits per heavy atom. The number of carboxylic acid groups (broad SMARTS) is 1. The summed E-state index contributed by atoms with van der Waals surface area (Å²) in [5.41, 5.74) is 15.8. The van der Waals surface area contributed by atoms with Crippen molar-refractivity contribution < 1.29 is 77.9 Å². The van der Waals surface area contributed by atoms with Crippen LogP contribution in [0.4, 0.5) is 0 Å². The second kappa shape index (κ2) is 31.3. The van der Waals surface area contributed by atoms with Crippen LogP contribution < -0.4 is 22.1 Å². The van der Waals surface area contributed by atoms with Crippen molar-refractivity contribution >= 4 is 53.0 Å². The molecular weight excluding hydrogens is 1030 g/mol. The van der Waals surface area contributed by atoms with Crippen LogP contribution in [-0.4, -0.2) is 122 Å². The number of nitrogens with two attached hydrogens (primary N) is 2. The Kier molecular flexibility index (Phi) is 25.9. The number of methoxy groups -OCH3 is 2. The fourth-order valence-corrected chi connectivity index (χ4v) is 8.06. The number of carbonyl (C=O) groups is 5. The van der Waals surface area contributed by atoms with Gasteiger partial charge in [-0.2, -0.15) is 0 Å². The fraction of sp³-hybridized carbons (Fsp3) is 0.315. The number of dihydropyridines is 2. The average Bonchev–Trinajstić information content (AvgIpc) is 3.38. The molecule has 11 N–H and O–H groups in total. The smallest absolute Gasteiger partial charge is 0.339 e. The SMILES string of the molecule is CCOC(=O)C1=C(COCCN)NC(C)=C(C(=O)OC)C1c1ccccc1Cl.CCOC(=O)C1=C(COCCN)NC(C)=C(C(=O)OC)C1c1ccccc1Cl.Cc1cc(O)ccc1O.O=C(O)c1cc(O)ccc1O. The third kappa shape index (κ3) is 17.2. The first-order valence-electron chi connectivity index (χ1n) is 23.4. The summed E-state index contributed by atoms with van der Waals surface area (Å²) in [5.74, 6) is -5.12. The van der Waals surface area contributed by atoms with E-state index in [0.29, 0.717) is 87.0 Å². The largest absolute Gasteiger partial charge is 0.508 e. The Labute approximate surface area is 450 Å². The number of carboxylic acids is 1. The molecule has 4 aromatic rings. The zero-order valence-corrected chi connectivity index (χ0v) is 44.5. The van der Waals surface area contributed by atoms with E-state index in [4.69, 9.17) is 88.6 Å². The van der Waals surface area contributed by atoms with Gasteiger partial charge in [-0.3, -0.25) is 0 Å². The molecular formula is C54H64Cl2N4O16. The van der Waals surface area contributed by atoms with E-state index in [1.807, 2.05) is 0 Å². The molecule has 2 aliphatic rings. The van der Waals surface area contributed by atoms with Crippen LogP contribution in [0, 0.1) is 6.92 Å². The number of hydrogen-bond acceptors (Lipinski definition) is 19. The Bertz CT molecular complexity index is 2700. The van der Waals surface area contributed by atoms with Crippen molar-refractivity contribution in [1.82, 2.24) is 10.6 Å². The van der Waals surface area contributed by atoms with Gasteiger partial charge in [0.05, 0.1) is 99.4 Å². The number of benzene rings is 4. The highest BCUT2D eigenvalue weighted by Crippen LogP contribution is 2.43. The minimum Gasteiger partial charge on any atom is -0.508 e. The number of aromatic carboxylic acids is 1. The van der Waals surface area contributed by atoms with Crippen LogP contribution in [0.2, 0.25) is 10.0 Å². The highest BCUT2D eigenvalue weighted by molar-refractivity contribution is 6.32. The van der Waals surface area contributed by atoms with Gasteiger partial charge >= 0.3 is 29.8 Å². The summed E-state index contributed by atoms with van der Waals surface area (Å²) in [7, 11) is 2.58. The molecule has 6 rings (SSSR count). The molecule has 410 valence electrons. The van der Waals surface area contributed by atoms with E-state index in [2.05, 4.69) is 10.6 Å². The van der Waals surface area contributed by atoms with Gasteiger partial charge in [0.15, 0.2) is 0 Å². The number of allylic oxidation sites excluding steroid dienone is 2. The maximum absolute atomic E-state index is 12.9. The minimum atomic E-state index is -1.27. The number of hydrogen-bond donors (Lipinski definition) is 9. The molecule has 20 nitrogen and oxygen atoms in total. The van der Waals surface area contributed by atoms with Gasteiger partial charge in [0.1, 0.15) is 28.6 Å². The average molecular weight is 1100 g/mol. The molecule has 0 amide bonds. The molecule has 0 aromatic heterocycles. The van der Waals surface area contributed by atoms with Crippen LogP contribution >= 0.6 is 23.2 Å². The molecule has 0 radical (unpaired) electrons. The quantitative estimate of drug-likeness (QED) is 0.0229. The highest BCUT2D eigenvalue weighted by Gasteiger charge is 2.41. The summed E-state index contributed by atoms with van der Waals surface area (Å²) in [4.78, 5) is 61.2. The van der Waals surface area contributed by atoms with Gasteiger partial charge in [-0.1, -0.05) is 59.6 Å². The third-order valence-electron chi connectivity index (χ3n) is 10.9. The number of phenolic OH excluding ortho intramolecular Hbond substituents is 3. The Morgan fingerprint density at radius 1 is 0.566 bits per heavy atom. The first-order chi connectivity index (χ1) is 36.2. The van der Waals surface area contributed by atoms with Crippen LogP contribution in [0.3, 0.4) is 0 Å². The third-order valence-corrected chi connectivity index (χ3v) is 11.6. The number of nitrogens with one attached hydrogen (secondary N) is 2. The Morgan fingerprint density at radius 2 is 0.961 bits per heavy atom. The van der Waals surface area contributed by atoms with Crippen molar-refractivity contribution in [2.75, 3.05) is 67.0 Å². The second-order valence-corrected chi connectivity index (χ2v) is 16.9. The Balaban J connectivity index is 0.000000295. The van der Waals surface area contributed by atoms with Crippen LogP contribution in [0.25, 0.3) is 0 Å². The predicted molar refractivity (Wildman–Crippen MR) is 282 cm³/mol. The number of esters is 4. The van der Waals surface area contributed by atoms with Crippen LogP contribution in [-0.2, 0) is 47.6 Å². The number of halogens is 2. The number of aryl methyl sites for hydroxylation is 1. The molecule has 4 aromatic carbocycles. The fourth-order valence-electron chi connectivity index (χ4n) is 7.57. The van der Waals surface area contributed by atoms with Gasteiger partial charge in [-0.05, 0) is 99.8 Å². The summed E-state index contributed by atoms with van der Waals surface area (Å²) in [5, 5.41) is 50.9. The summed E-state index contributed by atoms with van der Waals surface area (Å²) >= 11 is 12.8. The number of ether oxygens (including phenoxy) is 6. The normalized spacial score (nSPS) is 14.8. The number of phenols is 4. The molecule has 0 spiro atoms. The molecule has 76 heavy (non-hydrogen) atoms. The summed E-state index contributed by atoms with van der Waals surface area (Å²) in [6, 6.07) is 21.8. The number of aromatic hydroxyl groups is 4. The first-order valence-corrected chi connectivity index (χ1v) is 24.2. The van der Waals surface area contributed by atoms with Crippen molar-refractivity contribution in [2.24, 2.45) is 11.5 Å². The summed E-state index contributed by atoms with van der Waals surface area (Å²) < 4.78 is 31.6. The van der Waals surface area contributed by atoms with E-state index in [-0.39, 0.29) is 66.1 Å². The van der Waals surface area contributed by atoms with Crippen molar-refractivity contribution in [1.29, 1.82) is 0 Å². The zero-order valence-electron chi connectivity index (χ0n) is 43.0. The number of rotatable bonds is 17. The number of carbonyl (C=O) groups excluding carboxylic acids is 4. The lowest BCUT2D eigenvalue weighted by Crippen LogP contribution is -2.35. The van der Waals surface area contributed by atoms with E-state index >= 15 is 0 Å². The van der Waals surface area contributed by atoms with Crippen LogP contribution in [0.15, 0.2) is 130 Å². The molecule has 22 heteroatoms. The van der Waals surface area contributed by atoms with Gasteiger partial charge in [-0.25, -0.2) is 24.0 Å². The van der Waals surface area contributed by atoms with Crippen molar-refractivity contribution in [3.63, 3.8) is 0 Å². The molecule has 2 heterocycles. The van der Waals surface area contributed by atoms with Gasteiger partial charge in [0.25, 0.3) is 0 Å². The zero-order chi connectivity index (χ0) is 56.6.